The molecule has 1 saturated heterocycles. The zero-order chi connectivity index (χ0) is 14.0. The van der Waals surface area contributed by atoms with Crippen molar-refractivity contribution in [3.8, 4) is 0 Å². The number of thiophene rings is 1. The summed E-state index contributed by atoms with van der Waals surface area (Å²) in [5.74, 6) is 1.37. The average Bonchev–Trinajstić information content (AvgIpc) is 3.06. The van der Waals surface area contributed by atoms with E-state index in [9.17, 15) is 5.11 Å². The van der Waals surface area contributed by atoms with E-state index in [0.717, 1.165) is 22.6 Å². The summed E-state index contributed by atoms with van der Waals surface area (Å²) in [5, 5.41) is 19.6. The van der Waals surface area contributed by atoms with Gasteiger partial charge in [0.05, 0.1) is 12.0 Å². The van der Waals surface area contributed by atoms with E-state index >= 15 is 0 Å². The van der Waals surface area contributed by atoms with Gasteiger partial charge in [0.1, 0.15) is 16.2 Å². The molecular weight excluding hydrogens is 276 g/mol. The van der Waals surface area contributed by atoms with E-state index in [-0.39, 0.29) is 0 Å². The first kappa shape index (κ1) is 13.5. The zero-order valence-corrected chi connectivity index (χ0v) is 12.2. The van der Waals surface area contributed by atoms with E-state index in [1.54, 1.807) is 11.3 Å². The molecule has 1 atom stereocenters. The molecule has 0 radical (unpaired) electrons. The third kappa shape index (κ3) is 2.70. The van der Waals surface area contributed by atoms with Crippen LogP contribution >= 0.6 is 11.3 Å². The lowest BCUT2D eigenvalue weighted by Gasteiger charge is -2.21. The maximum absolute atomic E-state index is 10.3. The molecule has 6 nitrogen and oxygen atoms in total. The fraction of sp³-hybridized carbons (Fsp3) is 0.538. The summed E-state index contributed by atoms with van der Waals surface area (Å²) in [6.07, 6.45) is 0.651. The molecule has 108 valence electrons. The van der Waals surface area contributed by atoms with E-state index in [4.69, 9.17) is 4.74 Å². The molecule has 1 aliphatic heterocycles. The highest BCUT2D eigenvalue weighted by Crippen LogP contribution is 2.27. The minimum absolute atomic E-state index is 0.373. The third-order valence-corrected chi connectivity index (χ3v) is 4.13. The summed E-state index contributed by atoms with van der Waals surface area (Å²) in [6, 6.07) is 1.99. The zero-order valence-electron chi connectivity index (χ0n) is 11.3. The molecule has 2 aromatic rings. The second kappa shape index (κ2) is 5.51. The maximum Gasteiger partial charge on any atom is 0.226 e. The van der Waals surface area contributed by atoms with E-state index in [1.165, 1.54) is 0 Å². The standard InChI is InChI=1S/C13H18N4O2S/c1-2-14-12-16-10(9-3-6-20-11(9)17-12)15-7-13(18)4-5-19-8-13/h3,6,18H,2,4-5,7-8H2,1H3,(H2,14,15,16,17). The Balaban J connectivity index is 1.83. The number of hydrogen-bond acceptors (Lipinski definition) is 7. The molecule has 0 bridgehead atoms. The first-order valence-electron chi connectivity index (χ1n) is 6.73. The quantitative estimate of drug-likeness (QED) is 0.779. The number of ether oxygens (including phenoxy) is 1. The highest BCUT2D eigenvalue weighted by atomic mass is 32.1. The van der Waals surface area contributed by atoms with Crippen molar-refractivity contribution in [3.05, 3.63) is 11.4 Å². The first-order chi connectivity index (χ1) is 9.70. The molecule has 1 aliphatic rings. The van der Waals surface area contributed by atoms with Crippen LogP contribution in [0.3, 0.4) is 0 Å². The van der Waals surface area contributed by atoms with Crippen molar-refractivity contribution in [2.45, 2.75) is 18.9 Å². The Kier molecular flexibility index (Phi) is 3.73. The number of fused-ring (bicyclic) bond motifs is 1. The lowest BCUT2D eigenvalue weighted by Crippen LogP contribution is -2.37. The van der Waals surface area contributed by atoms with E-state index in [1.807, 2.05) is 18.4 Å². The predicted molar refractivity (Wildman–Crippen MR) is 80.5 cm³/mol. The third-order valence-electron chi connectivity index (χ3n) is 3.33. The Hall–Kier alpha value is -1.44. The Morgan fingerprint density at radius 3 is 3.10 bits per heavy atom. The minimum Gasteiger partial charge on any atom is -0.386 e. The van der Waals surface area contributed by atoms with Crippen molar-refractivity contribution >= 4 is 33.3 Å². The molecule has 3 rings (SSSR count). The van der Waals surface area contributed by atoms with Crippen LogP contribution in [0.4, 0.5) is 11.8 Å². The number of hydrogen-bond donors (Lipinski definition) is 3. The molecule has 0 aromatic carbocycles. The minimum atomic E-state index is -0.800. The number of rotatable bonds is 5. The maximum atomic E-state index is 10.3. The van der Waals surface area contributed by atoms with E-state index in [0.29, 0.717) is 32.1 Å². The van der Waals surface area contributed by atoms with Crippen LogP contribution in [0.1, 0.15) is 13.3 Å². The van der Waals surface area contributed by atoms with Crippen LogP contribution in [0.5, 0.6) is 0 Å². The molecule has 0 aliphatic carbocycles. The highest BCUT2D eigenvalue weighted by molar-refractivity contribution is 7.16. The van der Waals surface area contributed by atoms with Crippen molar-refractivity contribution < 1.29 is 9.84 Å². The van der Waals surface area contributed by atoms with Crippen molar-refractivity contribution in [2.75, 3.05) is 36.9 Å². The average molecular weight is 294 g/mol. The molecular formula is C13H18N4O2S. The molecule has 3 heterocycles. The Morgan fingerprint density at radius 1 is 1.45 bits per heavy atom. The summed E-state index contributed by atoms with van der Waals surface area (Å²) in [6.45, 7) is 4.19. The summed E-state index contributed by atoms with van der Waals surface area (Å²) in [5.41, 5.74) is -0.800. The smallest absolute Gasteiger partial charge is 0.226 e. The molecule has 0 saturated carbocycles. The Bertz CT molecular complexity index is 595. The number of anilines is 2. The Labute approximate surface area is 121 Å². The van der Waals surface area contributed by atoms with Crippen LogP contribution in [0, 0.1) is 0 Å². The largest absolute Gasteiger partial charge is 0.386 e. The topological polar surface area (TPSA) is 79.3 Å². The predicted octanol–water partition coefficient (Wildman–Crippen LogP) is 1.69. The monoisotopic (exact) mass is 294 g/mol. The van der Waals surface area contributed by atoms with Crippen LogP contribution in [-0.4, -0.2) is 47.0 Å². The highest BCUT2D eigenvalue weighted by Gasteiger charge is 2.32. The van der Waals surface area contributed by atoms with Crippen molar-refractivity contribution in [2.24, 2.45) is 0 Å². The van der Waals surface area contributed by atoms with Gasteiger partial charge < -0.3 is 20.5 Å². The normalized spacial score (nSPS) is 22.3. The molecule has 20 heavy (non-hydrogen) atoms. The van der Waals surface area contributed by atoms with Crippen molar-refractivity contribution in [1.29, 1.82) is 0 Å². The van der Waals surface area contributed by atoms with Crippen LogP contribution in [0.15, 0.2) is 11.4 Å². The van der Waals surface area contributed by atoms with Crippen LogP contribution in [0.2, 0.25) is 0 Å². The van der Waals surface area contributed by atoms with Crippen molar-refractivity contribution in [3.63, 3.8) is 0 Å². The fourth-order valence-corrected chi connectivity index (χ4v) is 2.98. The summed E-state index contributed by atoms with van der Waals surface area (Å²) in [7, 11) is 0. The number of nitrogens with one attached hydrogen (secondary N) is 2. The van der Waals surface area contributed by atoms with Gasteiger partial charge in [0.2, 0.25) is 5.95 Å². The summed E-state index contributed by atoms with van der Waals surface area (Å²) in [4.78, 5) is 9.87. The SMILES string of the molecule is CCNc1nc(NCC2(O)CCOC2)c2ccsc2n1. The molecule has 1 unspecified atom stereocenters. The van der Waals surface area contributed by atoms with E-state index in [2.05, 4.69) is 20.6 Å². The van der Waals surface area contributed by atoms with Gasteiger partial charge in [-0.2, -0.15) is 4.98 Å². The van der Waals surface area contributed by atoms with Crippen LogP contribution in [-0.2, 0) is 4.74 Å². The number of aliphatic hydroxyl groups is 1. The van der Waals surface area contributed by atoms with Gasteiger partial charge in [0.15, 0.2) is 0 Å². The van der Waals surface area contributed by atoms with Crippen LogP contribution in [0.25, 0.3) is 10.2 Å². The van der Waals surface area contributed by atoms with Gasteiger partial charge in [0.25, 0.3) is 0 Å². The number of aromatic nitrogens is 2. The Morgan fingerprint density at radius 2 is 2.35 bits per heavy atom. The van der Waals surface area contributed by atoms with Crippen molar-refractivity contribution in [1.82, 2.24) is 9.97 Å². The van der Waals surface area contributed by atoms with Gasteiger partial charge in [-0.3, -0.25) is 0 Å². The molecule has 7 heteroatoms. The van der Waals surface area contributed by atoms with Gasteiger partial charge in [0, 0.05) is 26.1 Å². The molecule has 0 spiro atoms. The summed E-state index contributed by atoms with van der Waals surface area (Å²) < 4.78 is 5.25. The lowest BCUT2D eigenvalue weighted by molar-refractivity contribution is 0.0381. The van der Waals surface area contributed by atoms with Gasteiger partial charge in [-0.15, -0.1) is 11.3 Å². The molecule has 0 amide bonds. The molecule has 3 N–H and O–H groups in total. The van der Waals surface area contributed by atoms with Gasteiger partial charge in [-0.1, -0.05) is 0 Å². The van der Waals surface area contributed by atoms with Gasteiger partial charge in [-0.05, 0) is 18.4 Å². The van der Waals surface area contributed by atoms with E-state index < -0.39 is 5.60 Å². The van der Waals surface area contributed by atoms with Gasteiger partial charge >= 0.3 is 0 Å². The van der Waals surface area contributed by atoms with Crippen LogP contribution < -0.4 is 10.6 Å². The summed E-state index contributed by atoms with van der Waals surface area (Å²) >= 11 is 1.58. The molecule has 2 aromatic heterocycles. The van der Waals surface area contributed by atoms with Gasteiger partial charge in [-0.25, -0.2) is 4.98 Å². The fourth-order valence-electron chi connectivity index (χ4n) is 2.21. The second-order valence-corrected chi connectivity index (χ2v) is 5.84. The number of nitrogens with zero attached hydrogens (tertiary/aromatic N) is 2. The second-order valence-electron chi connectivity index (χ2n) is 4.95. The lowest BCUT2D eigenvalue weighted by atomic mass is 10.0. The first-order valence-corrected chi connectivity index (χ1v) is 7.61. The molecule has 1 fully saturated rings.